The molecular weight excluding hydrogens is 148 g/mol. The monoisotopic (exact) mass is 162 g/mol. The predicted molar refractivity (Wildman–Crippen MR) is 42.5 cm³/mol. The van der Waals surface area contributed by atoms with Gasteiger partial charge < -0.3 is 4.74 Å². The molecule has 10 heavy (non-hydrogen) atoms. The van der Waals surface area contributed by atoms with Crippen LogP contribution in [0.5, 0.6) is 0 Å². The van der Waals surface area contributed by atoms with Crippen molar-refractivity contribution in [2.45, 2.75) is 32.0 Å². The lowest BCUT2D eigenvalue weighted by Gasteiger charge is -1.88. The fraction of sp³-hybridized carbons (Fsp3) is 1.00. The van der Waals surface area contributed by atoms with Crippen LogP contribution in [-0.4, -0.2) is 28.4 Å². The zero-order chi connectivity index (χ0) is 7.56. The van der Waals surface area contributed by atoms with Crippen LogP contribution < -0.4 is 0 Å². The van der Waals surface area contributed by atoms with Gasteiger partial charge in [-0.15, -0.1) is 0 Å². The summed E-state index contributed by atoms with van der Waals surface area (Å²) >= 11 is 0. The first-order chi connectivity index (χ1) is 4.74. The molecule has 0 saturated carbocycles. The highest BCUT2D eigenvalue weighted by molar-refractivity contribution is 7.84. The zero-order valence-corrected chi connectivity index (χ0v) is 7.32. The summed E-state index contributed by atoms with van der Waals surface area (Å²) in [6.07, 6.45) is 4.75. The molecule has 0 unspecified atom stereocenters. The van der Waals surface area contributed by atoms with Crippen molar-refractivity contribution < 1.29 is 8.95 Å². The molecule has 1 aliphatic rings. The molecule has 0 spiro atoms. The fourth-order valence-corrected chi connectivity index (χ4v) is 1.85. The first kappa shape index (κ1) is 8.21. The lowest BCUT2D eigenvalue weighted by Crippen LogP contribution is -2.04. The van der Waals surface area contributed by atoms with Gasteiger partial charge in [0.05, 0.1) is 18.0 Å². The minimum absolute atomic E-state index is 0.311. The SMILES string of the molecule is CCC[C@@H]1O[C@H]1C[S@](C)=O. The molecule has 2 nitrogen and oxygen atoms in total. The van der Waals surface area contributed by atoms with Crippen LogP contribution >= 0.6 is 0 Å². The van der Waals surface area contributed by atoms with E-state index >= 15 is 0 Å². The summed E-state index contributed by atoms with van der Waals surface area (Å²) in [6, 6.07) is 0. The van der Waals surface area contributed by atoms with Gasteiger partial charge in [-0.1, -0.05) is 13.3 Å². The summed E-state index contributed by atoms with van der Waals surface area (Å²) in [6.45, 7) is 2.14. The third-order valence-corrected chi connectivity index (χ3v) is 2.46. The first-order valence-electron chi connectivity index (χ1n) is 3.69. The summed E-state index contributed by atoms with van der Waals surface area (Å²) in [5.74, 6) is 0.727. The third kappa shape index (κ3) is 2.39. The summed E-state index contributed by atoms with van der Waals surface area (Å²) in [5, 5.41) is 0. The Balaban J connectivity index is 2.07. The Kier molecular flexibility index (Phi) is 2.86. The molecule has 1 saturated heterocycles. The Morgan fingerprint density at radius 3 is 2.70 bits per heavy atom. The molecule has 0 radical (unpaired) electrons. The van der Waals surface area contributed by atoms with Crippen LogP contribution in [0.1, 0.15) is 19.8 Å². The Morgan fingerprint density at radius 1 is 1.50 bits per heavy atom. The Morgan fingerprint density at radius 2 is 2.20 bits per heavy atom. The van der Waals surface area contributed by atoms with Crippen LogP contribution in [0.4, 0.5) is 0 Å². The number of hydrogen-bond donors (Lipinski definition) is 0. The minimum Gasteiger partial charge on any atom is -0.369 e. The van der Waals surface area contributed by atoms with Crippen LogP contribution in [0.25, 0.3) is 0 Å². The zero-order valence-electron chi connectivity index (χ0n) is 6.50. The topological polar surface area (TPSA) is 29.6 Å². The van der Waals surface area contributed by atoms with E-state index in [0.717, 1.165) is 18.6 Å². The molecule has 0 bridgehead atoms. The van der Waals surface area contributed by atoms with E-state index in [0.29, 0.717) is 12.2 Å². The van der Waals surface area contributed by atoms with Crippen LogP contribution in [-0.2, 0) is 15.5 Å². The number of rotatable bonds is 4. The van der Waals surface area contributed by atoms with E-state index in [4.69, 9.17) is 4.74 Å². The van der Waals surface area contributed by atoms with Crippen molar-refractivity contribution in [3.8, 4) is 0 Å². The van der Waals surface area contributed by atoms with E-state index in [1.54, 1.807) is 6.26 Å². The standard InChI is InChI=1S/C7H14O2S/c1-3-4-6-7(9-6)5-10(2)8/h6-7H,3-5H2,1-2H3/t6-,7-,10-/m0/s1. The Labute approximate surface area is 64.4 Å². The molecule has 1 fully saturated rings. The molecular formula is C7H14O2S. The lowest BCUT2D eigenvalue weighted by molar-refractivity contribution is 0.370. The second-order valence-corrected chi connectivity index (χ2v) is 4.22. The predicted octanol–water partition coefficient (Wildman–Crippen LogP) is 0.932. The highest BCUT2D eigenvalue weighted by atomic mass is 32.2. The molecule has 0 aromatic carbocycles. The van der Waals surface area contributed by atoms with Gasteiger partial charge in [-0.3, -0.25) is 4.21 Å². The van der Waals surface area contributed by atoms with Crippen molar-refractivity contribution >= 4 is 10.8 Å². The molecule has 60 valence electrons. The lowest BCUT2D eigenvalue weighted by atomic mass is 10.2. The largest absolute Gasteiger partial charge is 0.369 e. The summed E-state index contributed by atoms with van der Waals surface area (Å²) in [5.41, 5.74) is 0. The minimum atomic E-state index is -0.682. The van der Waals surface area contributed by atoms with E-state index in [9.17, 15) is 4.21 Å². The normalized spacial score (nSPS) is 33.8. The van der Waals surface area contributed by atoms with Gasteiger partial charge >= 0.3 is 0 Å². The summed E-state index contributed by atoms with van der Waals surface area (Å²) in [4.78, 5) is 0. The molecule has 0 aliphatic carbocycles. The molecule has 1 heterocycles. The third-order valence-electron chi connectivity index (χ3n) is 1.66. The average molecular weight is 162 g/mol. The van der Waals surface area contributed by atoms with E-state index in [-0.39, 0.29) is 0 Å². The quantitative estimate of drug-likeness (QED) is 0.576. The van der Waals surface area contributed by atoms with Crippen LogP contribution in [0.3, 0.4) is 0 Å². The fourth-order valence-electron chi connectivity index (χ4n) is 1.10. The number of epoxide rings is 1. The second kappa shape index (κ2) is 3.49. The molecule has 3 heteroatoms. The molecule has 1 rings (SSSR count). The molecule has 0 aromatic rings. The summed E-state index contributed by atoms with van der Waals surface area (Å²) < 4.78 is 16.0. The van der Waals surface area contributed by atoms with Gasteiger partial charge in [0, 0.05) is 17.1 Å². The van der Waals surface area contributed by atoms with Crippen molar-refractivity contribution in [1.82, 2.24) is 0 Å². The maximum absolute atomic E-state index is 10.7. The molecule has 3 atom stereocenters. The van der Waals surface area contributed by atoms with Gasteiger partial charge in [0.25, 0.3) is 0 Å². The van der Waals surface area contributed by atoms with Crippen LogP contribution in [0.2, 0.25) is 0 Å². The van der Waals surface area contributed by atoms with Crippen LogP contribution in [0, 0.1) is 0 Å². The Bertz CT molecular complexity index is 136. The van der Waals surface area contributed by atoms with Gasteiger partial charge in [-0.25, -0.2) is 0 Å². The van der Waals surface area contributed by atoms with E-state index in [1.807, 2.05) is 0 Å². The van der Waals surface area contributed by atoms with Crippen molar-refractivity contribution in [3.05, 3.63) is 0 Å². The van der Waals surface area contributed by atoms with E-state index in [1.165, 1.54) is 0 Å². The Hall–Kier alpha value is 0.110. The van der Waals surface area contributed by atoms with Crippen molar-refractivity contribution in [2.24, 2.45) is 0 Å². The number of hydrogen-bond acceptors (Lipinski definition) is 2. The molecule has 0 aromatic heterocycles. The average Bonchev–Trinajstić information content (AvgIpc) is 2.47. The number of ether oxygens (including phenoxy) is 1. The highest BCUT2D eigenvalue weighted by Gasteiger charge is 2.37. The van der Waals surface area contributed by atoms with Gasteiger partial charge in [-0.2, -0.15) is 0 Å². The highest BCUT2D eigenvalue weighted by Crippen LogP contribution is 2.26. The maximum atomic E-state index is 10.7. The molecule has 0 N–H and O–H groups in total. The smallest absolute Gasteiger partial charge is 0.0956 e. The van der Waals surface area contributed by atoms with Crippen molar-refractivity contribution in [1.29, 1.82) is 0 Å². The van der Waals surface area contributed by atoms with Gasteiger partial charge in [0.15, 0.2) is 0 Å². The van der Waals surface area contributed by atoms with Crippen LogP contribution in [0.15, 0.2) is 0 Å². The van der Waals surface area contributed by atoms with Crippen molar-refractivity contribution in [2.75, 3.05) is 12.0 Å². The first-order valence-corrected chi connectivity index (χ1v) is 5.42. The van der Waals surface area contributed by atoms with Gasteiger partial charge in [0.1, 0.15) is 0 Å². The van der Waals surface area contributed by atoms with E-state index in [2.05, 4.69) is 6.92 Å². The molecule has 0 amide bonds. The second-order valence-electron chi connectivity index (χ2n) is 2.74. The van der Waals surface area contributed by atoms with Gasteiger partial charge in [-0.05, 0) is 6.42 Å². The summed E-state index contributed by atoms with van der Waals surface area (Å²) in [7, 11) is -0.682. The van der Waals surface area contributed by atoms with Gasteiger partial charge in [0.2, 0.25) is 0 Å². The molecule has 1 aliphatic heterocycles. The maximum Gasteiger partial charge on any atom is 0.0956 e. The van der Waals surface area contributed by atoms with Crippen molar-refractivity contribution in [3.63, 3.8) is 0 Å². The van der Waals surface area contributed by atoms with E-state index < -0.39 is 10.8 Å².